The first-order valence-corrected chi connectivity index (χ1v) is 11.4. The maximum Gasteiger partial charge on any atom is 0.180 e. The van der Waals surface area contributed by atoms with Crippen molar-refractivity contribution in [2.45, 2.75) is 13.3 Å². The molecule has 2 N–H and O–H groups in total. The molecule has 164 valence electrons. The van der Waals surface area contributed by atoms with Crippen molar-refractivity contribution in [3.63, 3.8) is 0 Å². The van der Waals surface area contributed by atoms with Crippen LogP contribution < -0.4 is 15.4 Å². The molecule has 2 aromatic heterocycles. The second-order valence-corrected chi connectivity index (χ2v) is 8.90. The van der Waals surface area contributed by atoms with Gasteiger partial charge in [0.1, 0.15) is 5.75 Å². The zero-order chi connectivity index (χ0) is 22.5. The van der Waals surface area contributed by atoms with Gasteiger partial charge in [-0.2, -0.15) is 10.2 Å². The van der Waals surface area contributed by atoms with Crippen molar-refractivity contribution in [1.29, 1.82) is 0 Å². The van der Waals surface area contributed by atoms with Crippen LogP contribution in [0.5, 0.6) is 5.75 Å². The van der Waals surface area contributed by atoms with Crippen molar-refractivity contribution in [3.05, 3.63) is 87.3 Å². The van der Waals surface area contributed by atoms with Crippen LogP contribution in [0.1, 0.15) is 5.56 Å². The summed E-state index contributed by atoms with van der Waals surface area (Å²) in [5.41, 5.74) is 2.41. The molecule has 0 saturated heterocycles. The second kappa shape index (κ2) is 10.4. The Balaban J connectivity index is 1.28. The Morgan fingerprint density at radius 3 is 2.31 bits per heavy atom. The number of aromatic nitrogens is 4. The summed E-state index contributed by atoms with van der Waals surface area (Å²) < 4.78 is 10.1. The van der Waals surface area contributed by atoms with E-state index in [2.05, 4.69) is 36.8 Å². The number of hydrogen-bond donors (Lipinski definition) is 2. The van der Waals surface area contributed by atoms with Crippen LogP contribution in [-0.4, -0.2) is 24.7 Å². The number of ether oxygens (including phenoxy) is 1. The molecule has 7 nitrogen and oxygen atoms in total. The molecule has 0 bridgehead atoms. The quantitative estimate of drug-likeness (QED) is 0.273. The number of benzene rings is 2. The smallest absolute Gasteiger partial charge is 0.180 e. The highest BCUT2D eigenvalue weighted by atomic mass is 79.9. The van der Waals surface area contributed by atoms with Crippen molar-refractivity contribution in [3.8, 4) is 5.75 Å². The maximum absolute atomic E-state index is 6.24. The average Bonchev–Trinajstić information content (AvgIpc) is 3.39. The summed E-state index contributed by atoms with van der Waals surface area (Å²) in [5, 5.41) is 16.4. The number of rotatable bonds is 7. The summed E-state index contributed by atoms with van der Waals surface area (Å²) in [7, 11) is 0. The molecular formula is C21H17BrCl2N6OS. The van der Waals surface area contributed by atoms with E-state index in [0.29, 0.717) is 21.7 Å². The van der Waals surface area contributed by atoms with Gasteiger partial charge in [-0.15, -0.1) is 0 Å². The van der Waals surface area contributed by atoms with Crippen molar-refractivity contribution in [1.82, 2.24) is 19.6 Å². The molecule has 2 aromatic carbocycles. The molecular weight excluding hydrogens is 535 g/mol. The Kier molecular flexibility index (Phi) is 7.31. The molecule has 2 heterocycles. The Morgan fingerprint density at radius 1 is 0.969 bits per heavy atom. The van der Waals surface area contributed by atoms with Crippen LogP contribution >= 0.6 is 51.3 Å². The van der Waals surface area contributed by atoms with Gasteiger partial charge in [-0.25, -0.2) is 4.68 Å². The van der Waals surface area contributed by atoms with Crippen molar-refractivity contribution < 1.29 is 4.74 Å². The van der Waals surface area contributed by atoms with Gasteiger partial charge in [-0.05, 0) is 54.2 Å². The SMILES string of the molecule is S=C(Nc1cnn(COc2ccc(Br)cc2)c1)Nc1cnn(Cc2ccc(Cl)cc2Cl)c1. The summed E-state index contributed by atoms with van der Waals surface area (Å²) >= 11 is 21.0. The van der Waals surface area contributed by atoms with Gasteiger partial charge in [0.05, 0.1) is 36.5 Å². The van der Waals surface area contributed by atoms with Gasteiger partial charge in [-0.3, -0.25) is 4.68 Å². The number of halogens is 3. The van der Waals surface area contributed by atoms with E-state index in [1.54, 1.807) is 40.1 Å². The van der Waals surface area contributed by atoms with Gasteiger partial charge in [0.2, 0.25) is 0 Å². The molecule has 32 heavy (non-hydrogen) atoms. The van der Waals surface area contributed by atoms with E-state index < -0.39 is 0 Å². The lowest BCUT2D eigenvalue weighted by atomic mass is 10.2. The van der Waals surface area contributed by atoms with Crippen molar-refractivity contribution >= 4 is 67.8 Å². The third-order valence-corrected chi connectivity index (χ3v) is 5.63. The van der Waals surface area contributed by atoms with E-state index >= 15 is 0 Å². The molecule has 0 fully saturated rings. The van der Waals surface area contributed by atoms with E-state index in [4.69, 9.17) is 40.2 Å². The molecule has 0 aliphatic heterocycles. The topological polar surface area (TPSA) is 68.9 Å². The van der Waals surface area contributed by atoms with Gasteiger partial charge in [0, 0.05) is 20.7 Å². The van der Waals surface area contributed by atoms with E-state index in [1.165, 1.54) is 0 Å². The standard InChI is InChI=1S/C21H17BrCl2N6OS/c22-15-2-5-19(6-3-15)31-13-30-12-18(9-26-30)28-21(32)27-17-8-25-29(11-17)10-14-1-4-16(23)7-20(14)24/h1-9,11-12H,10,13H2,(H2,27,28,32). The van der Waals surface area contributed by atoms with E-state index in [9.17, 15) is 0 Å². The number of thiocarbonyl (C=S) groups is 1. The van der Waals surface area contributed by atoms with Crippen LogP contribution in [0.3, 0.4) is 0 Å². The largest absolute Gasteiger partial charge is 0.471 e. The first kappa shape index (κ1) is 22.6. The highest BCUT2D eigenvalue weighted by molar-refractivity contribution is 9.10. The third kappa shape index (κ3) is 6.23. The Morgan fingerprint density at radius 2 is 1.62 bits per heavy atom. The molecule has 0 spiro atoms. The fourth-order valence-electron chi connectivity index (χ4n) is 2.80. The molecule has 11 heteroatoms. The van der Waals surface area contributed by atoms with Crippen LogP contribution in [0.4, 0.5) is 11.4 Å². The molecule has 0 saturated carbocycles. The predicted octanol–water partition coefficient (Wildman–Crippen LogP) is 6.04. The van der Waals surface area contributed by atoms with Gasteiger partial charge in [0.15, 0.2) is 11.8 Å². The first-order valence-electron chi connectivity index (χ1n) is 9.40. The van der Waals surface area contributed by atoms with Crippen LogP contribution in [-0.2, 0) is 13.3 Å². The highest BCUT2D eigenvalue weighted by Crippen LogP contribution is 2.22. The van der Waals surface area contributed by atoms with E-state index in [1.807, 2.05) is 36.5 Å². The summed E-state index contributed by atoms with van der Waals surface area (Å²) in [6.07, 6.45) is 7.01. The zero-order valence-electron chi connectivity index (χ0n) is 16.5. The lowest BCUT2D eigenvalue weighted by Crippen LogP contribution is -2.18. The number of nitrogens with zero attached hydrogens (tertiary/aromatic N) is 4. The van der Waals surface area contributed by atoms with Crippen LogP contribution in [0, 0.1) is 0 Å². The Labute approximate surface area is 208 Å². The second-order valence-electron chi connectivity index (χ2n) is 6.74. The van der Waals surface area contributed by atoms with Crippen LogP contribution in [0.2, 0.25) is 10.0 Å². The number of nitrogens with one attached hydrogen (secondary N) is 2. The maximum atomic E-state index is 6.24. The normalized spacial score (nSPS) is 10.7. The Hall–Kier alpha value is -2.59. The zero-order valence-corrected chi connectivity index (χ0v) is 20.4. The molecule has 4 aromatic rings. The molecule has 0 aliphatic carbocycles. The minimum atomic E-state index is 0.281. The summed E-state index contributed by atoms with van der Waals surface area (Å²) in [6.45, 7) is 0.798. The number of anilines is 2. The molecule has 0 unspecified atom stereocenters. The third-order valence-electron chi connectivity index (χ3n) is 4.31. The van der Waals surface area contributed by atoms with E-state index in [0.717, 1.165) is 27.2 Å². The molecule has 0 radical (unpaired) electrons. The Bertz CT molecular complexity index is 1230. The fourth-order valence-corrected chi connectivity index (χ4v) is 3.77. The summed E-state index contributed by atoms with van der Waals surface area (Å²) in [6, 6.07) is 13.0. The van der Waals surface area contributed by atoms with Crippen LogP contribution in [0.15, 0.2) is 71.7 Å². The summed E-state index contributed by atoms with van der Waals surface area (Å²) in [4.78, 5) is 0. The van der Waals surface area contributed by atoms with Crippen molar-refractivity contribution in [2.24, 2.45) is 0 Å². The minimum Gasteiger partial charge on any atom is -0.471 e. The fraction of sp³-hybridized carbons (Fsp3) is 0.0952. The van der Waals surface area contributed by atoms with E-state index in [-0.39, 0.29) is 6.73 Å². The predicted molar refractivity (Wildman–Crippen MR) is 135 cm³/mol. The van der Waals surface area contributed by atoms with Gasteiger partial charge < -0.3 is 15.4 Å². The average molecular weight is 552 g/mol. The van der Waals surface area contributed by atoms with Gasteiger partial charge >= 0.3 is 0 Å². The number of hydrogen-bond acceptors (Lipinski definition) is 4. The van der Waals surface area contributed by atoms with Crippen LogP contribution in [0.25, 0.3) is 0 Å². The first-order chi connectivity index (χ1) is 15.4. The van der Waals surface area contributed by atoms with Gasteiger partial charge in [-0.1, -0.05) is 45.2 Å². The molecule has 4 rings (SSSR count). The van der Waals surface area contributed by atoms with Gasteiger partial charge in [0.25, 0.3) is 0 Å². The van der Waals surface area contributed by atoms with Crippen molar-refractivity contribution in [2.75, 3.05) is 10.6 Å². The molecule has 0 amide bonds. The summed E-state index contributed by atoms with van der Waals surface area (Å²) in [5.74, 6) is 0.757. The highest BCUT2D eigenvalue weighted by Gasteiger charge is 2.07. The lowest BCUT2D eigenvalue weighted by Gasteiger charge is -2.07. The minimum absolute atomic E-state index is 0.281. The molecule has 0 aliphatic rings. The molecule has 0 atom stereocenters. The lowest BCUT2D eigenvalue weighted by molar-refractivity contribution is 0.221. The monoisotopic (exact) mass is 550 g/mol.